The van der Waals surface area contributed by atoms with Crippen LogP contribution in [0.3, 0.4) is 0 Å². The van der Waals surface area contributed by atoms with Gasteiger partial charge in [-0.05, 0) is 41.8 Å². The van der Waals surface area contributed by atoms with Gasteiger partial charge in [0.2, 0.25) is 0 Å². The lowest BCUT2D eigenvalue weighted by Gasteiger charge is -1.99. The third kappa shape index (κ3) is 3.23. The summed E-state index contributed by atoms with van der Waals surface area (Å²) in [7, 11) is 0. The van der Waals surface area contributed by atoms with Crippen LogP contribution in [0.15, 0.2) is 89.2 Å². The maximum Gasteiger partial charge on any atom is 0.279 e. The Morgan fingerprint density at radius 3 is 2.30 bits per heavy atom. The van der Waals surface area contributed by atoms with Crippen LogP contribution in [-0.4, -0.2) is 19.6 Å². The van der Waals surface area contributed by atoms with Crippen molar-refractivity contribution in [3.05, 3.63) is 111 Å². The fourth-order valence-corrected chi connectivity index (χ4v) is 4.10. The summed E-state index contributed by atoms with van der Waals surface area (Å²) < 4.78 is 3.35. The third-order valence-corrected chi connectivity index (χ3v) is 5.71. The Labute approximate surface area is 176 Å². The number of benzene rings is 2. The van der Waals surface area contributed by atoms with Gasteiger partial charge in [-0.15, -0.1) is 11.3 Å². The summed E-state index contributed by atoms with van der Waals surface area (Å²) in [6.07, 6.45) is 3.81. The van der Waals surface area contributed by atoms with Gasteiger partial charge in [-0.3, -0.25) is 9.89 Å². The number of thiophene rings is 1. The molecule has 146 valence electrons. The fraction of sp³-hybridized carbons (Fsp3) is 0. The van der Waals surface area contributed by atoms with Gasteiger partial charge in [0, 0.05) is 11.8 Å². The van der Waals surface area contributed by atoms with Gasteiger partial charge in [0.1, 0.15) is 5.69 Å². The van der Waals surface area contributed by atoms with E-state index in [1.54, 1.807) is 11.3 Å². The summed E-state index contributed by atoms with van der Waals surface area (Å²) in [6, 6.07) is 23.4. The zero-order valence-electron chi connectivity index (χ0n) is 16.0. The predicted molar refractivity (Wildman–Crippen MR) is 122 cm³/mol. The molecule has 0 saturated carbocycles. The first-order valence-corrected chi connectivity index (χ1v) is 10.3. The molecule has 0 spiro atoms. The topological polar surface area (TPSA) is 55.6 Å². The molecule has 30 heavy (non-hydrogen) atoms. The number of nitrogens with one attached hydrogen (secondary N) is 1. The van der Waals surface area contributed by atoms with Crippen LogP contribution in [0.25, 0.3) is 34.6 Å². The highest BCUT2D eigenvalue weighted by Gasteiger charge is 2.13. The second kappa shape index (κ2) is 7.50. The first-order chi connectivity index (χ1) is 14.7. The van der Waals surface area contributed by atoms with Crippen molar-refractivity contribution in [2.45, 2.75) is 0 Å². The molecule has 0 unspecified atom stereocenters. The first kappa shape index (κ1) is 18.1. The molecule has 3 heterocycles. The van der Waals surface area contributed by atoms with Gasteiger partial charge in [-0.1, -0.05) is 49.0 Å². The van der Waals surface area contributed by atoms with Crippen LogP contribution in [0, 0.1) is 0 Å². The van der Waals surface area contributed by atoms with Gasteiger partial charge in [0.25, 0.3) is 5.56 Å². The minimum atomic E-state index is -0.143. The molecule has 0 fully saturated rings. The normalized spacial score (nSPS) is 11.8. The van der Waals surface area contributed by atoms with Crippen LogP contribution in [0.4, 0.5) is 0 Å². The Bertz CT molecular complexity index is 1460. The van der Waals surface area contributed by atoms with E-state index in [2.05, 4.69) is 11.7 Å². The molecule has 5 rings (SSSR count). The van der Waals surface area contributed by atoms with Gasteiger partial charge in [0.15, 0.2) is 0 Å². The number of H-pyrrole nitrogens is 1. The van der Waals surface area contributed by atoms with Crippen molar-refractivity contribution in [2.75, 3.05) is 0 Å². The van der Waals surface area contributed by atoms with Gasteiger partial charge in [-0.2, -0.15) is 5.10 Å². The fourth-order valence-electron chi connectivity index (χ4n) is 3.37. The largest absolute Gasteiger partial charge is 0.291 e. The Morgan fingerprint density at radius 2 is 1.63 bits per heavy atom. The molecule has 0 saturated heterocycles. The lowest BCUT2D eigenvalue weighted by Crippen LogP contribution is -2.33. The standard InChI is InChI=1S/C24H18N4OS/c1-17-21(24(29)28(25-17)20-11-6-3-7-12-20)15-18-16-27(19-9-4-2-5-10-19)26-23(18)22-13-8-14-30-22/h2-16,25H,1H2/b21-15-. The lowest BCUT2D eigenvalue weighted by atomic mass is 10.2. The van der Waals surface area contributed by atoms with E-state index in [9.17, 15) is 4.79 Å². The minimum Gasteiger partial charge on any atom is -0.291 e. The molecule has 0 bridgehead atoms. The van der Waals surface area contributed by atoms with Crippen LogP contribution in [0.1, 0.15) is 5.56 Å². The van der Waals surface area contributed by atoms with Crippen molar-refractivity contribution in [2.24, 2.45) is 0 Å². The van der Waals surface area contributed by atoms with Gasteiger partial charge < -0.3 is 0 Å². The molecular weight excluding hydrogens is 392 g/mol. The summed E-state index contributed by atoms with van der Waals surface area (Å²) >= 11 is 1.62. The van der Waals surface area contributed by atoms with Gasteiger partial charge in [0.05, 0.1) is 26.8 Å². The minimum absolute atomic E-state index is 0.143. The first-order valence-electron chi connectivity index (χ1n) is 9.47. The number of nitrogens with zero attached hydrogens (tertiary/aromatic N) is 3. The molecule has 3 aromatic heterocycles. The third-order valence-electron chi connectivity index (χ3n) is 4.84. The molecule has 0 aliphatic rings. The van der Waals surface area contributed by atoms with Gasteiger partial charge >= 0.3 is 0 Å². The zero-order valence-corrected chi connectivity index (χ0v) is 16.8. The average Bonchev–Trinajstić information content (AvgIpc) is 3.51. The number of aromatic amines is 1. The zero-order chi connectivity index (χ0) is 20.5. The van der Waals surface area contributed by atoms with Crippen molar-refractivity contribution < 1.29 is 0 Å². The van der Waals surface area contributed by atoms with Crippen LogP contribution >= 0.6 is 11.3 Å². The summed E-state index contributed by atoms with van der Waals surface area (Å²) in [4.78, 5) is 14.1. The van der Waals surface area contributed by atoms with E-state index in [0.717, 1.165) is 27.5 Å². The molecule has 6 heteroatoms. The molecule has 0 atom stereocenters. The van der Waals surface area contributed by atoms with Crippen LogP contribution in [0.2, 0.25) is 0 Å². The van der Waals surface area contributed by atoms with E-state index in [4.69, 9.17) is 5.10 Å². The van der Waals surface area contributed by atoms with Crippen molar-refractivity contribution in [1.82, 2.24) is 19.6 Å². The molecule has 5 aromatic rings. The number of hydrogen-bond donors (Lipinski definition) is 1. The number of para-hydroxylation sites is 2. The summed E-state index contributed by atoms with van der Waals surface area (Å²) in [6.45, 7) is 4.05. The highest BCUT2D eigenvalue weighted by Crippen LogP contribution is 2.28. The monoisotopic (exact) mass is 410 g/mol. The molecule has 0 amide bonds. The number of hydrogen-bond acceptors (Lipinski definition) is 3. The molecule has 2 aromatic carbocycles. The Kier molecular flexibility index (Phi) is 4.53. The smallest absolute Gasteiger partial charge is 0.279 e. The van der Waals surface area contributed by atoms with E-state index in [0.29, 0.717) is 10.6 Å². The van der Waals surface area contributed by atoms with Crippen LogP contribution < -0.4 is 16.1 Å². The Morgan fingerprint density at radius 1 is 0.933 bits per heavy atom. The molecule has 0 aliphatic heterocycles. The predicted octanol–water partition coefficient (Wildman–Crippen LogP) is 3.32. The summed E-state index contributed by atoms with van der Waals surface area (Å²) in [5.41, 5.74) is 3.28. The highest BCUT2D eigenvalue weighted by atomic mass is 32.1. The quantitative estimate of drug-likeness (QED) is 0.494. The van der Waals surface area contributed by atoms with E-state index in [1.807, 2.05) is 95.1 Å². The van der Waals surface area contributed by atoms with Crippen molar-refractivity contribution in [3.8, 4) is 21.9 Å². The molecular formula is C24H18N4OS. The summed E-state index contributed by atoms with van der Waals surface area (Å²) in [5.74, 6) is 0. The molecule has 0 radical (unpaired) electrons. The summed E-state index contributed by atoms with van der Waals surface area (Å²) in [5, 5.41) is 11.0. The van der Waals surface area contributed by atoms with Crippen molar-refractivity contribution in [3.63, 3.8) is 0 Å². The molecule has 5 nitrogen and oxygen atoms in total. The van der Waals surface area contributed by atoms with Crippen LogP contribution in [0.5, 0.6) is 0 Å². The molecule has 0 aliphatic carbocycles. The second-order valence-electron chi connectivity index (χ2n) is 6.81. The van der Waals surface area contributed by atoms with Gasteiger partial charge in [-0.25, -0.2) is 9.36 Å². The lowest BCUT2D eigenvalue weighted by molar-refractivity contribution is 0.838. The number of aromatic nitrogens is 4. The molecule has 1 N–H and O–H groups in total. The maximum absolute atomic E-state index is 13.1. The van der Waals surface area contributed by atoms with Crippen LogP contribution in [-0.2, 0) is 0 Å². The van der Waals surface area contributed by atoms with Crippen molar-refractivity contribution in [1.29, 1.82) is 0 Å². The van der Waals surface area contributed by atoms with E-state index >= 15 is 0 Å². The van der Waals surface area contributed by atoms with E-state index in [1.165, 1.54) is 4.68 Å². The maximum atomic E-state index is 13.1. The second-order valence-corrected chi connectivity index (χ2v) is 7.76. The SMILES string of the molecule is C=c1[nH]n(-c2ccccc2)c(=O)/c1=C\c1cn(-c2ccccc2)nc1-c1cccs1. The highest BCUT2D eigenvalue weighted by molar-refractivity contribution is 7.13. The number of rotatable bonds is 4. The van der Waals surface area contributed by atoms with E-state index in [-0.39, 0.29) is 5.56 Å². The Hall–Kier alpha value is -3.90. The van der Waals surface area contributed by atoms with E-state index < -0.39 is 0 Å². The van der Waals surface area contributed by atoms with Crippen molar-refractivity contribution >= 4 is 24.0 Å². The Balaban J connectivity index is 1.71. The average molecular weight is 411 g/mol.